The molecular formula is C18H17BrN4O3. The quantitative estimate of drug-likeness (QED) is 0.552. The molecule has 1 N–H and O–H groups in total. The Morgan fingerprint density at radius 3 is 2.81 bits per heavy atom. The van der Waals surface area contributed by atoms with Crippen molar-refractivity contribution in [2.75, 3.05) is 13.7 Å². The Kier molecular flexibility index (Phi) is 7.26. The summed E-state index contributed by atoms with van der Waals surface area (Å²) < 4.78 is 11.4. The molecule has 0 atom stereocenters. The van der Waals surface area contributed by atoms with Crippen molar-refractivity contribution in [2.45, 2.75) is 13.5 Å². The third-order valence-corrected chi connectivity index (χ3v) is 3.75. The molecule has 1 amide bonds. The molecule has 0 unspecified atom stereocenters. The lowest BCUT2D eigenvalue weighted by Crippen LogP contribution is -2.25. The highest BCUT2D eigenvalue weighted by atomic mass is 79.9. The van der Waals surface area contributed by atoms with Crippen molar-refractivity contribution in [3.05, 3.63) is 57.2 Å². The van der Waals surface area contributed by atoms with E-state index in [1.807, 2.05) is 30.3 Å². The van der Waals surface area contributed by atoms with Crippen molar-refractivity contribution in [2.24, 2.45) is 5.10 Å². The lowest BCUT2D eigenvalue weighted by molar-refractivity contribution is -0.123. The summed E-state index contributed by atoms with van der Waals surface area (Å²) in [6, 6.07) is 11.2. The van der Waals surface area contributed by atoms with Crippen LogP contribution in [0, 0.1) is 18.3 Å². The van der Waals surface area contributed by atoms with Crippen molar-refractivity contribution >= 4 is 28.1 Å². The molecule has 8 heteroatoms. The predicted molar refractivity (Wildman–Crippen MR) is 99.8 cm³/mol. The van der Waals surface area contributed by atoms with Gasteiger partial charge in [0, 0.05) is 22.8 Å². The van der Waals surface area contributed by atoms with Crippen molar-refractivity contribution in [1.29, 1.82) is 5.26 Å². The minimum Gasteiger partial charge on any atom is -0.467 e. The van der Waals surface area contributed by atoms with Gasteiger partial charge in [-0.05, 0) is 30.7 Å². The Morgan fingerprint density at radius 2 is 2.15 bits per heavy atom. The van der Waals surface area contributed by atoms with Crippen molar-refractivity contribution in [1.82, 2.24) is 10.4 Å². The third-order valence-electron chi connectivity index (χ3n) is 3.22. The van der Waals surface area contributed by atoms with E-state index < -0.39 is 5.91 Å². The number of ether oxygens (including phenoxy) is 2. The highest BCUT2D eigenvalue weighted by molar-refractivity contribution is 9.10. The summed E-state index contributed by atoms with van der Waals surface area (Å²) in [6.45, 7) is 1.72. The number of amides is 1. The van der Waals surface area contributed by atoms with Gasteiger partial charge in [-0.25, -0.2) is 10.4 Å². The second-order valence-corrected chi connectivity index (χ2v) is 6.20. The fraction of sp³-hybridized carbons (Fsp3) is 0.222. The number of nitrogens with one attached hydrogen (secondary N) is 1. The van der Waals surface area contributed by atoms with E-state index >= 15 is 0 Å². The summed E-state index contributed by atoms with van der Waals surface area (Å²) in [5.41, 5.74) is 4.78. The van der Waals surface area contributed by atoms with Gasteiger partial charge in [-0.1, -0.05) is 28.1 Å². The molecule has 2 rings (SSSR count). The number of rotatable bonds is 7. The van der Waals surface area contributed by atoms with Crippen LogP contribution in [0.15, 0.2) is 39.9 Å². The molecule has 0 aliphatic heterocycles. The molecule has 0 radical (unpaired) electrons. The number of hydrogen-bond acceptors (Lipinski definition) is 6. The number of nitriles is 1. The maximum atomic E-state index is 11.9. The standard InChI is InChI=1S/C18H17BrN4O3/c1-12-7-14(10-25-2)16(8-20)18(22-12)26-11-17(24)23-21-9-13-3-5-15(19)6-4-13/h3-7,9H,10-11H2,1-2H3,(H,23,24)/b21-9+. The van der Waals surface area contributed by atoms with Gasteiger partial charge in [0.2, 0.25) is 5.88 Å². The molecule has 0 bridgehead atoms. The summed E-state index contributed by atoms with van der Waals surface area (Å²) in [5, 5.41) is 13.2. The number of aromatic nitrogens is 1. The SMILES string of the molecule is COCc1cc(C)nc(OCC(=O)N/N=C/c2ccc(Br)cc2)c1C#N. The highest BCUT2D eigenvalue weighted by Crippen LogP contribution is 2.21. The van der Waals surface area contributed by atoms with E-state index in [4.69, 9.17) is 9.47 Å². The number of aryl methyl sites for hydroxylation is 1. The van der Waals surface area contributed by atoms with Crippen LogP contribution in [0.4, 0.5) is 0 Å². The average molecular weight is 417 g/mol. The lowest BCUT2D eigenvalue weighted by Gasteiger charge is -2.10. The monoisotopic (exact) mass is 416 g/mol. The number of carbonyl (C=O) groups is 1. The largest absolute Gasteiger partial charge is 0.467 e. The van der Waals surface area contributed by atoms with Crippen LogP contribution in [0.3, 0.4) is 0 Å². The first-order valence-corrected chi connectivity index (χ1v) is 8.42. The molecule has 2 aromatic rings. The maximum absolute atomic E-state index is 11.9. The zero-order chi connectivity index (χ0) is 18.9. The first kappa shape index (κ1) is 19.6. The highest BCUT2D eigenvalue weighted by Gasteiger charge is 2.14. The van der Waals surface area contributed by atoms with E-state index in [0.717, 1.165) is 10.0 Å². The molecule has 1 aromatic heterocycles. The summed E-state index contributed by atoms with van der Waals surface area (Å²) >= 11 is 3.34. The summed E-state index contributed by atoms with van der Waals surface area (Å²) in [6.07, 6.45) is 1.52. The van der Waals surface area contributed by atoms with Gasteiger partial charge in [-0.2, -0.15) is 10.4 Å². The Hall–Kier alpha value is -2.76. The molecule has 1 heterocycles. The van der Waals surface area contributed by atoms with Crippen molar-refractivity contribution in [3.63, 3.8) is 0 Å². The normalized spacial score (nSPS) is 10.5. The van der Waals surface area contributed by atoms with Crippen LogP contribution in [0.5, 0.6) is 5.88 Å². The lowest BCUT2D eigenvalue weighted by atomic mass is 10.1. The Balaban J connectivity index is 1.96. The second kappa shape index (κ2) is 9.65. The number of benzene rings is 1. The van der Waals surface area contributed by atoms with E-state index in [0.29, 0.717) is 11.3 Å². The fourth-order valence-corrected chi connectivity index (χ4v) is 2.36. The molecule has 1 aromatic carbocycles. The van der Waals surface area contributed by atoms with Crippen LogP contribution in [-0.4, -0.2) is 30.8 Å². The zero-order valence-electron chi connectivity index (χ0n) is 14.3. The van der Waals surface area contributed by atoms with E-state index in [1.54, 1.807) is 13.0 Å². The van der Waals surface area contributed by atoms with Gasteiger partial charge in [-0.3, -0.25) is 4.79 Å². The molecule has 134 valence electrons. The predicted octanol–water partition coefficient (Wildman–Crippen LogP) is 2.70. The first-order chi connectivity index (χ1) is 12.5. The Bertz CT molecular complexity index is 845. The number of hydrazone groups is 1. The molecule has 0 saturated heterocycles. The first-order valence-electron chi connectivity index (χ1n) is 7.63. The topological polar surface area (TPSA) is 96.6 Å². The second-order valence-electron chi connectivity index (χ2n) is 5.28. The van der Waals surface area contributed by atoms with Crippen LogP contribution in [0.2, 0.25) is 0 Å². The number of nitrogens with zero attached hydrogens (tertiary/aromatic N) is 3. The van der Waals surface area contributed by atoms with E-state index in [9.17, 15) is 10.1 Å². The summed E-state index contributed by atoms with van der Waals surface area (Å²) in [5.74, 6) is -0.356. The number of hydrogen-bond donors (Lipinski definition) is 1. The fourth-order valence-electron chi connectivity index (χ4n) is 2.10. The molecule has 0 aliphatic carbocycles. The van der Waals surface area contributed by atoms with E-state index in [2.05, 4.69) is 31.4 Å². The van der Waals surface area contributed by atoms with Crippen LogP contribution in [0.25, 0.3) is 0 Å². The van der Waals surface area contributed by atoms with Crippen LogP contribution >= 0.6 is 15.9 Å². The number of carbonyl (C=O) groups excluding carboxylic acids is 1. The zero-order valence-corrected chi connectivity index (χ0v) is 15.9. The minimum atomic E-state index is -0.459. The van der Waals surface area contributed by atoms with Crippen LogP contribution in [0.1, 0.15) is 22.4 Å². The van der Waals surface area contributed by atoms with Gasteiger partial charge in [0.05, 0.1) is 12.8 Å². The Labute approximate surface area is 159 Å². The van der Waals surface area contributed by atoms with Gasteiger partial charge in [0.15, 0.2) is 6.61 Å². The molecule has 0 spiro atoms. The van der Waals surface area contributed by atoms with E-state index in [1.165, 1.54) is 13.3 Å². The van der Waals surface area contributed by atoms with Gasteiger partial charge < -0.3 is 9.47 Å². The average Bonchev–Trinajstić information content (AvgIpc) is 2.62. The smallest absolute Gasteiger partial charge is 0.278 e. The maximum Gasteiger partial charge on any atom is 0.278 e. The van der Waals surface area contributed by atoms with Crippen molar-refractivity contribution in [3.8, 4) is 11.9 Å². The molecule has 0 fully saturated rings. The molecule has 0 aliphatic rings. The Morgan fingerprint density at radius 1 is 1.42 bits per heavy atom. The van der Waals surface area contributed by atoms with Crippen molar-refractivity contribution < 1.29 is 14.3 Å². The van der Waals surface area contributed by atoms with E-state index in [-0.39, 0.29) is 24.7 Å². The molecule has 26 heavy (non-hydrogen) atoms. The van der Waals surface area contributed by atoms with Crippen LogP contribution in [-0.2, 0) is 16.1 Å². The number of halogens is 1. The number of pyridine rings is 1. The summed E-state index contributed by atoms with van der Waals surface area (Å²) in [4.78, 5) is 16.0. The number of methoxy groups -OCH3 is 1. The van der Waals surface area contributed by atoms with Crippen LogP contribution < -0.4 is 10.2 Å². The summed E-state index contributed by atoms with van der Waals surface area (Å²) in [7, 11) is 1.54. The molecule has 7 nitrogen and oxygen atoms in total. The molecular weight excluding hydrogens is 400 g/mol. The minimum absolute atomic E-state index is 0.103. The van der Waals surface area contributed by atoms with Gasteiger partial charge in [-0.15, -0.1) is 0 Å². The van der Waals surface area contributed by atoms with Gasteiger partial charge in [0.1, 0.15) is 11.6 Å². The van der Waals surface area contributed by atoms with Gasteiger partial charge >= 0.3 is 0 Å². The van der Waals surface area contributed by atoms with Gasteiger partial charge in [0.25, 0.3) is 5.91 Å². The third kappa shape index (κ3) is 5.65. The molecule has 0 saturated carbocycles.